The van der Waals surface area contributed by atoms with Gasteiger partial charge in [-0.05, 0) is 18.8 Å². The van der Waals surface area contributed by atoms with Gasteiger partial charge in [0.2, 0.25) is 0 Å². The number of hydrogen-bond donors (Lipinski definition) is 0. The molecule has 0 unspecified atom stereocenters. The molecule has 0 saturated heterocycles. The lowest BCUT2D eigenvalue weighted by Gasteiger charge is -2.10. The van der Waals surface area contributed by atoms with E-state index in [0.717, 1.165) is 5.92 Å². The van der Waals surface area contributed by atoms with E-state index in [9.17, 15) is 0 Å². The minimum Gasteiger partial charge on any atom is -0.0654 e. The fourth-order valence-corrected chi connectivity index (χ4v) is 1.37. The molecule has 0 aliphatic carbocycles. The lowest BCUT2D eigenvalue weighted by molar-refractivity contribution is 0.529. The highest BCUT2D eigenvalue weighted by atomic mass is 14.1. The molecule has 0 aromatic heterocycles. The first-order valence-electron chi connectivity index (χ1n) is 5.18. The SMILES string of the molecule is CCCCC[CH]C(CC)CC. The number of rotatable bonds is 7. The summed E-state index contributed by atoms with van der Waals surface area (Å²) in [6, 6.07) is 0. The molecule has 1 radical (unpaired) electrons. The summed E-state index contributed by atoms with van der Waals surface area (Å²) in [6.45, 7) is 6.83. The molecule has 67 valence electrons. The molecule has 0 bridgehead atoms. The predicted octanol–water partition coefficient (Wildman–Crippen LogP) is 4.21. The highest BCUT2D eigenvalue weighted by Crippen LogP contribution is 2.15. The predicted molar refractivity (Wildman–Crippen MR) is 52.5 cm³/mol. The Morgan fingerprint density at radius 1 is 1.00 bits per heavy atom. The summed E-state index contributed by atoms with van der Waals surface area (Å²) in [5.41, 5.74) is 0. The normalized spacial score (nSPS) is 10.9. The Balaban J connectivity index is 3.07. The Bertz CT molecular complexity index is 62.4. The third-order valence-corrected chi connectivity index (χ3v) is 2.36. The zero-order valence-corrected chi connectivity index (χ0v) is 8.40. The molecule has 0 aromatic carbocycles. The molecule has 0 aliphatic heterocycles. The minimum absolute atomic E-state index is 0.881. The van der Waals surface area contributed by atoms with Crippen LogP contribution in [0.5, 0.6) is 0 Å². The van der Waals surface area contributed by atoms with Crippen LogP contribution in [-0.2, 0) is 0 Å². The van der Waals surface area contributed by atoms with E-state index in [0.29, 0.717) is 0 Å². The van der Waals surface area contributed by atoms with E-state index < -0.39 is 0 Å². The lowest BCUT2D eigenvalue weighted by Crippen LogP contribution is -1.97. The maximum atomic E-state index is 2.51. The Morgan fingerprint density at radius 3 is 2.09 bits per heavy atom. The first-order valence-corrected chi connectivity index (χ1v) is 5.18. The molecule has 0 heteroatoms. The van der Waals surface area contributed by atoms with Gasteiger partial charge in [0.25, 0.3) is 0 Å². The van der Waals surface area contributed by atoms with Crippen LogP contribution in [0.4, 0.5) is 0 Å². The summed E-state index contributed by atoms with van der Waals surface area (Å²) < 4.78 is 0. The Morgan fingerprint density at radius 2 is 1.64 bits per heavy atom. The van der Waals surface area contributed by atoms with Crippen molar-refractivity contribution in [3.63, 3.8) is 0 Å². The van der Waals surface area contributed by atoms with Gasteiger partial charge in [-0.1, -0.05) is 52.9 Å². The van der Waals surface area contributed by atoms with E-state index in [4.69, 9.17) is 0 Å². The van der Waals surface area contributed by atoms with Gasteiger partial charge < -0.3 is 0 Å². The zero-order chi connectivity index (χ0) is 8.53. The van der Waals surface area contributed by atoms with Crippen molar-refractivity contribution in [1.82, 2.24) is 0 Å². The molecule has 0 aromatic rings. The van der Waals surface area contributed by atoms with Gasteiger partial charge >= 0.3 is 0 Å². The van der Waals surface area contributed by atoms with Gasteiger partial charge in [0.05, 0.1) is 0 Å². The van der Waals surface area contributed by atoms with Crippen molar-refractivity contribution in [1.29, 1.82) is 0 Å². The topological polar surface area (TPSA) is 0 Å². The van der Waals surface area contributed by atoms with Crippen LogP contribution in [0.1, 0.15) is 59.3 Å². The molecule has 0 aliphatic rings. The van der Waals surface area contributed by atoms with Crippen molar-refractivity contribution in [3.8, 4) is 0 Å². The molecule has 0 atom stereocenters. The molecule has 0 N–H and O–H groups in total. The van der Waals surface area contributed by atoms with Crippen molar-refractivity contribution in [3.05, 3.63) is 6.42 Å². The number of hydrogen-bond acceptors (Lipinski definition) is 0. The standard InChI is InChI=1S/C11H23/c1-4-7-8-9-10-11(5-2)6-3/h10-11H,4-9H2,1-3H3. The van der Waals surface area contributed by atoms with Crippen molar-refractivity contribution in [2.45, 2.75) is 59.3 Å². The monoisotopic (exact) mass is 155 g/mol. The molecule has 0 saturated carbocycles. The average Bonchev–Trinajstić information content (AvgIpc) is 2.05. The largest absolute Gasteiger partial charge is 0.0654 e. The maximum absolute atomic E-state index is 2.51. The molecular formula is C11H23. The van der Waals surface area contributed by atoms with Gasteiger partial charge in [0, 0.05) is 0 Å². The zero-order valence-electron chi connectivity index (χ0n) is 8.40. The van der Waals surface area contributed by atoms with Crippen LogP contribution in [-0.4, -0.2) is 0 Å². The molecule has 0 spiro atoms. The van der Waals surface area contributed by atoms with Gasteiger partial charge in [-0.25, -0.2) is 0 Å². The number of unbranched alkanes of at least 4 members (excludes halogenated alkanes) is 3. The summed E-state index contributed by atoms with van der Waals surface area (Å²) in [5.74, 6) is 0.881. The van der Waals surface area contributed by atoms with Crippen LogP contribution in [0.2, 0.25) is 0 Å². The summed E-state index contributed by atoms with van der Waals surface area (Å²) in [6.07, 6.45) is 10.6. The Kier molecular flexibility index (Phi) is 8.10. The van der Waals surface area contributed by atoms with Crippen LogP contribution < -0.4 is 0 Å². The first-order chi connectivity index (χ1) is 5.35. The third-order valence-electron chi connectivity index (χ3n) is 2.36. The Hall–Kier alpha value is 0. The molecule has 0 amide bonds. The second-order valence-corrected chi connectivity index (χ2v) is 3.31. The second-order valence-electron chi connectivity index (χ2n) is 3.31. The van der Waals surface area contributed by atoms with Crippen LogP contribution in [0, 0.1) is 12.3 Å². The summed E-state index contributed by atoms with van der Waals surface area (Å²) >= 11 is 0. The quantitative estimate of drug-likeness (QED) is 0.483. The Labute approximate surface area is 72.4 Å². The van der Waals surface area contributed by atoms with Crippen molar-refractivity contribution >= 4 is 0 Å². The van der Waals surface area contributed by atoms with E-state index in [2.05, 4.69) is 27.2 Å². The third kappa shape index (κ3) is 6.40. The smallest absolute Gasteiger partial charge is 0.0355 e. The van der Waals surface area contributed by atoms with Gasteiger partial charge in [-0.15, -0.1) is 0 Å². The van der Waals surface area contributed by atoms with E-state index in [1.807, 2.05) is 0 Å². The lowest BCUT2D eigenvalue weighted by atomic mass is 9.96. The van der Waals surface area contributed by atoms with Crippen LogP contribution in [0.25, 0.3) is 0 Å². The highest BCUT2D eigenvalue weighted by molar-refractivity contribution is 4.73. The average molecular weight is 155 g/mol. The summed E-state index contributed by atoms with van der Waals surface area (Å²) in [7, 11) is 0. The summed E-state index contributed by atoms with van der Waals surface area (Å²) in [4.78, 5) is 0. The van der Waals surface area contributed by atoms with Gasteiger partial charge in [-0.3, -0.25) is 0 Å². The van der Waals surface area contributed by atoms with Gasteiger partial charge in [0.1, 0.15) is 0 Å². The van der Waals surface area contributed by atoms with Gasteiger partial charge in [0.15, 0.2) is 0 Å². The van der Waals surface area contributed by atoms with Crippen molar-refractivity contribution in [2.75, 3.05) is 0 Å². The van der Waals surface area contributed by atoms with E-state index in [1.165, 1.54) is 38.5 Å². The second kappa shape index (κ2) is 8.10. The minimum atomic E-state index is 0.881. The van der Waals surface area contributed by atoms with E-state index >= 15 is 0 Å². The highest BCUT2D eigenvalue weighted by Gasteiger charge is 2.01. The molecule has 0 rings (SSSR count). The molecular weight excluding hydrogens is 132 g/mol. The summed E-state index contributed by atoms with van der Waals surface area (Å²) in [5, 5.41) is 0. The van der Waals surface area contributed by atoms with Crippen LogP contribution in [0.15, 0.2) is 0 Å². The first kappa shape index (κ1) is 11.0. The van der Waals surface area contributed by atoms with E-state index in [1.54, 1.807) is 0 Å². The van der Waals surface area contributed by atoms with Gasteiger partial charge in [-0.2, -0.15) is 0 Å². The fourth-order valence-electron chi connectivity index (χ4n) is 1.37. The molecule has 0 fully saturated rings. The molecule has 0 nitrogen and oxygen atoms in total. The van der Waals surface area contributed by atoms with E-state index in [-0.39, 0.29) is 0 Å². The molecule has 11 heavy (non-hydrogen) atoms. The molecule has 0 heterocycles. The van der Waals surface area contributed by atoms with Crippen molar-refractivity contribution < 1.29 is 0 Å². The maximum Gasteiger partial charge on any atom is -0.0355 e. The van der Waals surface area contributed by atoms with Crippen molar-refractivity contribution in [2.24, 2.45) is 5.92 Å². The van der Waals surface area contributed by atoms with Crippen LogP contribution >= 0.6 is 0 Å². The fraction of sp³-hybridized carbons (Fsp3) is 0.909. The van der Waals surface area contributed by atoms with Crippen LogP contribution in [0.3, 0.4) is 0 Å².